The lowest BCUT2D eigenvalue weighted by molar-refractivity contribution is -0.163. The van der Waals surface area contributed by atoms with Crippen LogP contribution in [-0.2, 0) is 28.7 Å². The molecule has 8 nitrogen and oxygen atoms in total. The summed E-state index contributed by atoms with van der Waals surface area (Å²) in [6.07, 6.45) is 0. The Balaban J connectivity index is 5.36. The molecule has 0 unspecified atom stereocenters. The monoisotopic (exact) mass is 303 g/mol. The van der Waals surface area contributed by atoms with Crippen molar-refractivity contribution in [3.05, 3.63) is 0 Å². The fraction of sp³-hybridized carbons (Fsp3) is 0.692. The van der Waals surface area contributed by atoms with Crippen molar-refractivity contribution in [2.45, 2.75) is 26.8 Å². The third-order valence-electron chi connectivity index (χ3n) is 3.05. The molecule has 0 saturated carbocycles. The summed E-state index contributed by atoms with van der Waals surface area (Å²) < 4.78 is 8.99. The van der Waals surface area contributed by atoms with Crippen LogP contribution in [0.2, 0.25) is 0 Å². The number of esters is 2. The van der Waals surface area contributed by atoms with Gasteiger partial charge >= 0.3 is 17.9 Å². The molecule has 0 aromatic heterocycles. The zero-order valence-corrected chi connectivity index (χ0v) is 12.7. The molecule has 0 saturated heterocycles. The van der Waals surface area contributed by atoms with Gasteiger partial charge in [-0.15, -0.1) is 0 Å². The number of carboxylic acids is 1. The highest BCUT2D eigenvalue weighted by Gasteiger charge is 2.42. The SMILES string of the molecule is COC(=O)C(C(=O)OC)[C@@H](C)[C@H](NC(=O)C(C)C)C(=O)O. The van der Waals surface area contributed by atoms with Crippen molar-refractivity contribution < 1.29 is 33.8 Å². The van der Waals surface area contributed by atoms with Crippen LogP contribution in [0.1, 0.15) is 20.8 Å². The van der Waals surface area contributed by atoms with Crippen LogP contribution in [-0.4, -0.2) is 49.2 Å². The zero-order valence-electron chi connectivity index (χ0n) is 12.7. The Morgan fingerprint density at radius 3 is 1.67 bits per heavy atom. The largest absolute Gasteiger partial charge is 0.480 e. The van der Waals surface area contributed by atoms with Crippen molar-refractivity contribution in [3.8, 4) is 0 Å². The number of hydrogen-bond acceptors (Lipinski definition) is 6. The second-order valence-corrected chi connectivity index (χ2v) is 4.86. The van der Waals surface area contributed by atoms with Gasteiger partial charge in [-0.1, -0.05) is 20.8 Å². The molecule has 0 heterocycles. The van der Waals surface area contributed by atoms with Gasteiger partial charge < -0.3 is 19.9 Å². The van der Waals surface area contributed by atoms with E-state index in [1.54, 1.807) is 13.8 Å². The van der Waals surface area contributed by atoms with Crippen LogP contribution in [0.15, 0.2) is 0 Å². The van der Waals surface area contributed by atoms with Crippen molar-refractivity contribution in [1.29, 1.82) is 0 Å². The minimum absolute atomic E-state index is 0.436. The van der Waals surface area contributed by atoms with Gasteiger partial charge in [-0.25, -0.2) is 4.79 Å². The van der Waals surface area contributed by atoms with E-state index >= 15 is 0 Å². The van der Waals surface area contributed by atoms with Gasteiger partial charge in [0.1, 0.15) is 6.04 Å². The predicted molar refractivity (Wildman–Crippen MR) is 71.1 cm³/mol. The van der Waals surface area contributed by atoms with Gasteiger partial charge in [-0.05, 0) is 0 Å². The number of nitrogens with one attached hydrogen (secondary N) is 1. The Kier molecular flexibility index (Phi) is 7.40. The van der Waals surface area contributed by atoms with E-state index in [1.165, 1.54) is 6.92 Å². The molecule has 0 aliphatic heterocycles. The number of amides is 1. The van der Waals surface area contributed by atoms with Gasteiger partial charge in [-0.3, -0.25) is 14.4 Å². The minimum Gasteiger partial charge on any atom is -0.480 e. The topological polar surface area (TPSA) is 119 Å². The summed E-state index contributed by atoms with van der Waals surface area (Å²) in [5, 5.41) is 11.5. The average Bonchev–Trinajstić information content (AvgIpc) is 2.43. The van der Waals surface area contributed by atoms with Crippen LogP contribution in [0.25, 0.3) is 0 Å². The lowest BCUT2D eigenvalue weighted by Gasteiger charge is -2.26. The first-order valence-corrected chi connectivity index (χ1v) is 6.36. The van der Waals surface area contributed by atoms with Crippen LogP contribution in [0.5, 0.6) is 0 Å². The van der Waals surface area contributed by atoms with Gasteiger partial charge in [0.15, 0.2) is 5.92 Å². The highest BCUT2D eigenvalue weighted by atomic mass is 16.5. The number of aliphatic carboxylic acids is 1. The van der Waals surface area contributed by atoms with Crippen molar-refractivity contribution in [2.24, 2.45) is 17.8 Å². The van der Waals surface area contributed by atoms with Crippen molar-refractivity contribution in [3.63, 3.8) is 0 Å². The molecule has 0 aliphatic carbocycles. The Hall–Kier alpha value is -2.12. The van der Waals surface area contributed by atoms with Crippen LogP contribution < -0.4 is 5.32 Å². The first-order valence-electron chi connectivity index (χ1n) is 6.36. The maximum atomic E-state index is 11.7. The summed E-state index contributed by atoms with van der Waals surface area (Å²) in [6, 6.07) is -1.41. The van der Waals surface area contributed by atoms with Crippen molar-refractivity contribution >= 4 is 23.8 Å². The number of ether oxygens (including phenoxy) is 2. The lowest BCUT2D eigenvalue weighted by atomic mass is 9.87. The highest BCUT2D eigenvalue weighted by molar-refractivity contribution is 5.96. The van der Waals surface area contributed by atoms with Crippen molar-refractivity contribution in [1.82, 2.24) is 5.32 Å². The standard InChI is InChI=1S/C13H21NO7/c1-6(2)10(15)14-9(11(16)17)7(3)8(12(18)20-4)13(19)21-5/h6-9H,1-5H3,(H,14,15)(H,16,17)/t7-,9+/m1/s1. The number of carbonyl (C=O) groups excluding carboxylic acids is 3. The van der Waals surface area contributed by atoms with Gasteiger partial charge in [0.25, 0.3) is 0 Å². The number of carboxylic acid groups (broad SMARTS) is 1. The molecular formula is C13H21NO7. The summed E-state index contributed by atoms with van der Waals surface area (Å²) in [4.78, 5) is 46.3. The molecule has 0 aromatic rings. The summed E-state index contributed by atoms with van der Waals surface area (Å²) in [5.41, 5.74) is 0. The van der Waals surface area contributed by atoms with Crippen LogP contribution in [0.3, 0.4) is 0 Å². The second-order valence-electron chi connectivity index (χ2n) is 4.86. The van der Waals surface area contributed by atoms with Gasteiger partial charge in [0, 0.05) is 11.8 Å². The van der Waals surface area contributed by atoms with Gasteiger partial charge in [-0.2, -0.15) is 0 Å². The fourth-order valence-corrected chi connectivity index (χ4v) is 1.71. The van der Waals surface area contributed by atoms with E-state index in [9.17, 15) is 24.3 Å². The zero-order chi connectivity index (χ0) is 16.7. The molecule has 2 N–H and O–H groups in total. The van der Waals surface area contributed by atoms with Gasteiger partial charge in [0.05, 0.1) is 14.2 Å². The maximum Gasteiger partial charge on any atom is 0.326 e. The molecule has 21 heavy (non-hydrogen) atoms. The van der Waals surface area contributed by atoms with Crippen molar-refractivity contribution in [2.75, 3.05) is 14.2 Å². The van der Waals surface area contributed by atoms with Crippen LogP contribution in [0.4, 0.5) is 0 Å². The second kappa shape index (κ2) is 8.23. The number of hydrogen-bond donors (Lipinski definition) is 2. The molecular weight excluding hydrogens is 282 g/mol. The molecule has 1 amide bonds. The molecule has 0 aromatic carbocycles. The van der Waals surface area contributed by atoms with E-state index in [4.69, 9.17) is 0 Å². The molecule has 0 rings (SSSR count). The summed E-state index contributed by atoms with van der Waals surface area (Å²) in [7, 11) is 2.15. The summed E-state index contributed by atoms with van der Waals surface area (Å²) in [5.74, 6) is -6.59. The predicted octanol–water partition coefficient (Wildman–Crippen LogP) is -0.190. The Morgan fingerprint density at radius 2 is 1.38 bits per heavy atom. The number of rotatable bonds is 7. The van der Waals surface area contributed by atoms with E-state index in [1.807, 2.05) is 0 Å². The molecule has 0 aliphatic rings. The average molecular weight is 303 g/mol. The maximum absolute atomic E-state index is 11.7. The summed E-state index contributed by atoms with van der Waals surface area (Å²) >= 11 is 0. The Morgan fingerprint density at radius 1 is 0.952 bits per heavy atom. The van der Waals surface area contributed by atoms with Crippen LogP contribution in [0, 0.1) is 17.8 Å². The number of methoxy groups -OCH3 is 2. The lowest BCUT2D eigenvalue weighted by Crippen LogP contribution is -2.51. The number of carbonyl (C=O) groups is 4. The molecule has 8 heteroatoms. The minimum atomic E-state index is -1.44. The van der Waals surface area contributed by atoms with E-state index in [0.29, 0.717) is 0 Å². The van der Waals surface area contributed by atoms with Crippen LogP contribution >= 0.6 is 0 Å². The normalized spacial score (nSPS) is 13.5. The van der Waals surface area contributed by atoms with E-state index < -0.39 is 47.6 Å². The third kappa shape index (κ3) is 5.05. The van der Waals surface area contributed by atoms with Gasteiger partial charge in [0.2, 0.25) is 5.91 Å². The molecule has 0 fully saturated rings. The molecule has 0 radical (unpaired) electrons. The van der Waals surface area contributed by atoms with E-state index in [2.05, 4.69) is 14.8 Å². The van der Waals surface area contributed by atoms with E-state index in [-0.39, 0.29) is 0 Å². The molecule has 2 atom stereocenters. The third-order valence-corrected chi connectivity index (χ3v) is 3.05. The molecule has 0 bridgehead atoms. The quantitative estimate of drug-likeness (QED) is 0.494. The molecule has 0 spiro atoms. The Bertz CT molecular complexity index is 403. The highest BCUT2D eigenvalue weighted by Crippen LogP contribution is 2.20. The first kappa shape index (κ1) is 18.9. The fourth-order valence-electron chi connectivity index (χ4n) is 1.71. The smallest absolute Gasteiger partial charge is 0.326 e. The van der Waals surface area contributed by atoms with E-state index in [0.717, 1.165) is 14.2 Å². The first-order chi connectivity index (χ1) is 9.67. The Labute approximate surface area is 122 Å². The summed E-state index contributed by atoms with van der Waals surface area (Å²) in [6.45, 7) is 4.55. The molecule has 120 valence electrons.